The average molecular weight is 344 g/mol. The summed E-state index contributed by atoms with van der Waals surface area (Å²) in [4.78, 5) is 19.8. The first kappa shape index (κ1) is 16.5. The van der Waals surface area contributed by atoms with Crippen molar-refractivity contribution in [3.63, 3.8) is 0 Å². The topological polar surface area (TPSA) is 58.9 Å². The van der Waals surface area contributed by atoms with Crippen LogP contribution in [0.3, 0.4) is 0 Å². The predicted molar refractivity (Wildman–Crippen MR) is 95.9 cm³/mol. The van der Waals surface area contributed by atoms with Crippen LogP contribution in [-0.2, 0) is 0 Å². The van der Waals surface area contributed by atoms with Gasteiger partial charge in [0.2, 0.25) is 0 Å². The van der Waals surface area contributed by atoms with Gasteiger partial charge in [-0.3, -0.25) is 9.20 Å². The van der Waals surface area contributed by atoms with Gasteiger partial charge < -0.3 is 15.0 Å². The van der Waals surface area contributed by atoms with E-state index in [1.54, 1.807) is 7.11 Å². The molecule has 24 heavy (non-hydrogen) atoms. The summed E-state index contributed by atoms with van der Waals surface area (Å²) in [5, 5.41) is 4.77. The van der Waals surface area contributed by atoms with E-state index in [4.69, 9.17) is 4.74 Å². The molecule has 1 aromatic carbocycles. The lowest BCUT2D eigenvalue weighted by Crippen LogP contribution is -2.31. The molecule has 1 N–H and O–H groups in total. The molecular weight excluding hydrogens is 324 g/mol. The van der Waals surface area contributed by atoms with Crippen molar-refractivity contribution in [3.8, 4) is 17.0 Å². The van der Waals surface area contributed by atoms with Crippen LogP contribution in [-0.4, -0.2) is 54.5 Å². The second-order valence-electron chi connectivity index (χ2n) is 5.69. The van der Waals surface area contributed by atoms with Gasteiger partial charge in [0.1, 0.15) is 11.4 Å². The Morgan fingerprint density at radius 1 is 1.42 bits per heavy atom. The smallest absolute Gasteiger partial charge is 0.269 e. The SMILES string of the molecule is COc1cccc(-c2cn3c(C(=O)NCCN(C)C)csc3n2)c1. The van der Waals surface area contributed by atoms with Crippen LogP contribution in [0.2, 0.25) is 0 Å². The van der Waals surface area contributed by atoms with Crippen molar-refractivity contribution in [3.05, 3.63) is 41.5 Å². The Hall–Kier alpha value is -2.38. The number of carbonyl (C=O) groups is 1. The number of amides is 1. The lowest BCUT2D eigenvalue weighted by molar-refractivity contribution is 0.0945. The van der Waals surface area contributed by atoms with E-state index in [1.165, 1.54) is 11.3 Å². The average Bonchev–Trinajstić information content (AvgIpc) is 3.14. The quantitative estimate of drug-likeness (QED) is 0.746. The molecule has 2 aromatic heterocycles. The molecule has 126 valence electrons. The Morgan fingerprint density at radius 2 is 2.25 bits per heavy atom. The van der Waals surface area contributed by atoms with E-state index in [9.17, 15) is 4.79 Å². The van der Waals surface area contributed by atoms with E-state index in [1.807, 2.05) is 59.2 Å². The molecule has 3 aromatic rings. The number of imidazole rings is 1. The normalized spacial score (nSPS) is 11.2. The van der Waals surface area contributed by atoms with Crippen molar-refractivity contribution < 1.29 is 9.53 Å². The Balaban J connectivity index is 1.84. The Morgan fingerprint density at radius 3 is 3.00 bits per heavy atom. The first-order chi connectivity index (χ1) is 11.6. The van der Waals surface area contributed by atoms with Crippen LogP contribution in [0.5, 0.6) is 5.75 Å². The molecule has 1 amide bonds. The van der Waals surface area contributed by atoms with Gasteiger partial charge in [-0.1, -0.05) is 12.1 Å². The number of thiazole rings is 1. The summed E-state index contributed by atoms with van der Waals surface area (Å²) >= 11 is 1.46. The van der Waals surface area contributed by atoms with Gasteiger partial charge in [-0.15, -0.1) is 11.3 Å². The van der Waals surface area contributed by atoms with E-state index in [2.05, 4.69) is 10.3 Å². The molecule has 0 radical (unpaired) electrons. The molecule has 0 aliphatic carbocycles. The Kier molecular flexibility index (Phi) is 4.82. The number of rotatable bonds is 6. The summed E-state index contributed by atoms with van der Waals surface area (Å²) in [5.74, 6) is 0.697. The van der Waals surface area contributed by atoms with Crippen LogP contribution in [0.4, 0.5) is 0 Å². The number of nitrogens with zero attached hydrogens (tertiary/aromatic N) is 3. The van der Waals surface area contributed by atoms with Crippen molar-refractivity contribution in [2.75, 3.05) is 34.3 Å². The van der Waals surface area contributed by atoms with Crippen molar-refractivity contribution in [2.45, 2.75) is 0 Å². The van der Waals surface area contributed by atoms with Gasteiger partial charge in [0, 0.05) is 30.2 Å². The maximum atomic E-state index is 12.4. The fourth-order valence-electron chi connectivity index (χ4n) is 2.35. The largest absolute Gasteiger partial charge is 0.497 e. The van der Waals surface area contributed by atoms with Gasteiger partial charge in [0.15, 0.2) is 4.96 Å². The van der Waals surface area contributed by atoms with Crippen LogP contribution in [0, 0.1) is 0 Å². The summed E-state index contributed by atoms with van der Waals surface area (Å²) < 4.78 is 7.10. The second kappa shape index (κ2) is 7.02. The number of nitrogens with one attached hydrogen (secondary N) is 1. The lowest BCUT2D eigenvalue weighted by atomic mass is 10.1. The van der Waals surface area contributed by atoms with Crippen molar-refractivity contribution in [2.24, 2.45) is 0 Å². The Bertz CT molecular complexity index is 853. The molecule has 2 heterocycles. The van der Waals surface area contributed by atoms with Crippen molar-refractivity contribution >= 4 is 22.2 Å². The van der Waals surface area contributed by atoms with Gasteiger partial charge in [-0.25, -0.2) is 4.98 Å². The summed E-state index contributed by atoms with van der Waals surface area (Å²) in [5.41, 5.74) is 2.39. The third-order valence-corrected chi connectivity index (χ3v) is 4.49. The number of carbonyl (C=O) groups excluding carboxylic acids is 1. The first-order valence-electron chi connectivity index (χ1n) is 7.62. The molecule has 3 rings (SSSR count). The minimum Gasteiger partial charge on any atom is -0.497 e. The van der Waals surface area contributed by atoms with Crippen molar-refractivity contribution in [1.82, 2.24) is 19.6 Å². The van der Waals surface area contributed by atoms with E-state index in [0.717, 1.165) is 28.5 Å². The highest BCUT2D eigenvalue weighted by atomic mass is 32.1. The molecular formula is C17H20N4O2S. The third-order valence-electron chi connectivity index (χ3n) is 3.65. The maximum Gasteiger partial charge on any atom is 0.269 e. The summed E-state index contributed by atoms with van der Waals surface area (Å²) in [7, 11) is 5.59. The van der Waals surface area contributed by atoms with Crippen LogP contribution in [0.1, 0.15) is 10.5 Å². The molecule has 6 nitrogen and oxygen atoms in total. The minimum atomic E-state index is -0.0855. The zero-order chi connectivity index (χ0) is 17.1. The monoisotopic (exact) mass is 344 g/mol. The van der Waals surface area contributed by atoms with E-state index in [-0.39, 0.29) is 5.91 Å². The molecule has 7 heteroatoms. The first-order valence-corrected chi connectivity index (χ1v) is 8.50. The highest BCUT2D eigenvalue weighted by molar-refractivity contribution is 7.15. The third kappa shape index (κ3) is 3.42. The zero-order valence-corrected chi connectivity index (χ0v) is 14.8. The van der Waals surface area contributed by atoms with Crippen molar-refractivity contribution in [1.29, 1.82) is 0 Å². The molecule has 0 aliphatic rings. The number of hydrogen-bond acceptors (Lipinski definition) is 5. The maximum absolute atomic E-state index is 12.4. The number of benzene rings is 1. The van der Waals surface area contributed by atoms with Crippen LogP contribution in [0.15, 0.2) is 35.8 Å². The van der Waals surface area contributed by atoms with Gasteiger partial charge in [-0.2, -0.15) is 0 Å². The van der Waals surface area contributed by atoms with E-state index < -0.39 is 0 Å². The molecule has 0 aliphatic heterocycles. The van der Waals surface area contributed by atoms with Crippen LogP contribution >= 0.6 is 11.3 Å². The van der Waals surface area contributed by atoms with E-state index in [0.29, 0.717) is 12.2 Å². The zero-order valence-electron chi connectivity index (χ0n) is 13.9. The minimum absolute atomic E-state index is 0.0855. The number of hydrogen-bond donors (Lipinski definition) is 1. The van der Waals surface area contributed by atoms with Crippen LogP contribution in [0.25, 0.3) is 16.2 Å². The molecule has 0 atom stereocenters. The van der Waals surface area contributed by atoms with E-state index >= 15 is 0 Å². The number of methoxy groups -OCH3 is 1. The van der Waals surface area contributed by atoms with Gasteiger partial charge in [0.25, 0.3) is 5.91 Å². The van der Waals surface area contributed by atoms with Gasteiger partial charge in [-0.05, 0) is 26.2 Å². The summed E-state index contributed by atoms with van der Waals surface area (Å²) in [6.45, 7) is 1.42. The summed E-state index contributed by atoms with van der Waals surface area (Å²) in [6, 6.07) is 7.73. The highest BCUT2D eigenvalue weighted by Crippen LogP contribution is 2.26. The molecule has 0 bridgehead atoms. The molecule has 0 unspecified atom stereocenters. The standard InChI is InChI=1S/C17H20N4O2S/c1-20(2)8-7-18-16(22)15-11-24-17-19-14(10-21(15)17)12-5-4-6-13(9-12)23-3/h4-6,9-11H,7-8H2,1-3H3,(H,18,22). The lowest BCUT2D eigenvalue weighted by Gasteiger charge is -2.09. The molecule has 0 saturated heterocycles. The number of likely N-dealkylation sites (N-methyl/N-ethyl adjacent to an activating group) is 1. The van der Waals surface area contributed by atoms with Crippen LogP contribution < -0.4 is 10.1 Å². The number of aromatic nitrogens is 2. The van der Waals surface area contributed by atoms with Gasteiger partial charge in [0.05, 0.1) is 12.8 Å². The number of ether oxygens (including phenoxy) is 1. The fourth-order valence-corrected chi connectivity index (χ4v) is 3.21. The molecule has 0 fully saturated rings. The fraction of sp³-hybridized carbons (Fsp3) is 0.294. The Labute approximate surface area is 144 Å². The molecule has 0 saturated carbocycles. The second-order valence-corrected chi connectivity index (χ2v) is 6.53. The predicted octanol–water partition coefficient (Wildman–Crippen LogP) is 2.36. The molecule has 0 spiro atoms. The highest BCUT2D eigenvalue weighted by Gasteiger charge is 2.15. The summed E-state index contributed by atoms with van der Waals surface area (Å²) in [6.07, 6.45) is 1.89. The van der Waals surface area contributed by atoms with Gasteiger partial charge >= 0.3 is 0 Å². The number of fused-ring (bicyclic) bond motifs is 1.